The van der Waals surface area contributed by atoms with Crippen LogP contribution in [-0.4, -0.2) is 0 Å². The van der Waals surface area contributed by atoms with E-state index < -0.39 is 0 Å². The van der Waals surface area contributed by atoms with Gasteiger partial charge in [-0.3, -0.25) is 6.08 Å². The van der Waals surface area contributed by atoms with Crippen LogP contribution < -0.4 is 0 Å². The Morgan fingerprint density at radius 1 is 1.55 bits per heavy atom. The summed E-state index contributed by atoms with van der Waals surface area (Å²) in [6.07, 6.45) is 12.5. The molecule has 11 heavy (non-hydrogen) atoms. The van der Waals surface area contributed by atoms with Crippen molar-refractivity contribution in [2.75, 3.05) is 0 Å². The fourth-order valence-electron chi connectivity index (χ4n) is 0.989. The van der Waals surface area contributed by atoms with Gasteiger partial charge in [0.15, 0.2) is 0 Å². The van der Waals surface area contributed by atoms with E-state index >= 15 is 0 Å². The Morgan fingerprint density at radius 3 is 2.73 bits per heavy atom. The number of hydrogen-bond acceptors (Lipinski definition) is 0. The van der Waals surface area contributed by atoms with E-state index in [2.05, 4.69) is 25.2 Å². The largest absolute Gasteiger partial charge is 0.269 e. The molecule has 62 valence electrons. The zero-order chi connectivity index (χ0) is 6.53. The first-order valence-electron chi connectivity index (χ1n) is 3.69. The fraction of sp³-hybridized carbons (Fsp3) is 0.556. The topological polar surface area (TPSA) is 0 Å². The van der Waals surface area contributed by atoms with Crippen LogP contribution in [0.5, 0.6) is 0 Å². The first-order valence-corrected chi connectivity index (χ1v) is 3.69. The number of unbranched alkanes of at least 4 members (excludes halogenated alkanes) is 1. The second-order valence-electron chi connectivity index (χ2n) is 2.41. The Bertz CT molecular complexity index is 138. The Labute approximate surface area is 94.7 Å². The van der Waals surface area contributed by atoms with Crippen molar-refractivity contribution in [3.05, 3.63) is 23.8 Å². The minimum atomic E-state index is 0. The molecule has 0 saturated heterocycles. The molecule has 0 heterocycles. The Balaban J connectivity index is 0. The van der Waals surface area contributed by atoms with Crippen molar-refractivity contribution in [3.8, 4) is 0 Å². The van der Waals surface area contributed by atoms with Gasteiger partial charge in [0.05, 0.1) is 0 Å². The van der Waals surface area contributed by atoms with Crippen LogP contribution >= 0.6 is 12.4 Å². The summed E-state index contributed by atoms with van der Waals surface area (Å²) in [5.74, 6) is 0. The Morgan fingerprint density at radius 2 is 2.27 bits per heavy atom. The fourth-order valence-corrected chi connectivity index (χ4v) is 0.989. The molecule has 1 aliphatic carbocycles. The molecule has 0 radical (unpaired) electrons. The monoisotopic (exact) mass is 247 g/mol. The average molecular weight is 249 g/mol. The Kier molecular flexibility index (Phi) is 11.3. The molecule has 0 amide bonds. The second kappa shape index (κ2) is 8.75. The molecule has 0 spiro atoms. The van der Waals surface area contributed by atoms with E-state index in [0.717, 1.165) is 6.42 Å². The van der Waals surface area contributed by atoms with Crippen molar-refractivity contribution in [1.29, 1.82) is 0 Å². The van der Waals surface area contributed by atoms with E-state index in [-0.39, 0.29) is 38.6 Å². The first kappa shape index (κ1) is 14.2. The van der Waals surface area contributed by atoms with Gasteiger partial charge in [-0.25, -0.2) is 11.6 Å². The van der Waals surface area contributed by atoms with Gasteiger partial charge in [0, 0.05) is 26.2 Å². The maximum atomic E-state index is 3.30. The van der Waals surface area contributed by atoms with E-state index in [4.69, 9.17) is 0 Å². The van der Waals surface area contributed by atoms with Gasteiger partial charge >= 0.3 is 0 Å². The second-order valence-corrected chi connectivity index (χ2v) is 2.41. The van der Waals surface area contributed by atoms with Crippen molar-refractivity contribution in [2.24, 2.45) is 0 Å². The van der Waals surface area contributed by atoms with Crippen LogP contribution in [0.15, 0.2) is 17.7 Å². The van der Waals surface area contributed by atoms with Crippen molar-refractivity contribution >= 4 is 12.4 Å². The summed E-state index contributed by atoms with van der Waals surface area (Å²) >= 11 is 0. The van der Waals surface area contributed by atoms with E-state index in [1.807, 2.05) is 0 Å². The molecule has 0 nitrogen and oxygen atoms in total. The first-order chi connectivity index (χ1) is 4.43. The molecule has 1 rings (SSSR count). The van der Waals surface area contributed by atoms with Gasteiger partial charge in [-0.05, 0) is 0 Å². The van der Waals surface area contributed by atoms with Gasteiger partial charge in [0.1, 0.15) is 0 Å². The predicted molar refractivity (Wildman–Crippen MR) is 47.3 cm³/mol. The maximum Gasteiger partial charge on any atom is 0 e. The molecule has 0 unspecified atom stereocenters. The van der Waals surface area contributed by atoms with Crippen LogP contribution in [0, 0.1) is 6.08 Å². The third-order valence-corrected chi connectivity index (χ3v) is 1.57. The Hall–Kier alpha value is 0.653. The summed E-state index contributed by atoms with van der Waals surface area (Å²) in [5.41, 5.74) is 1.41. The molecular weight excluding hydrogens is 235 g/mol. The van der Waals surface area contributed by atoms with Gasteiger partial charge in [-0.2, -0.15) is 6.08 Å². The van der Waals surface area contributed by atoms with Gasteiger partial charge in [0.2, 0.25) is 0 Å². The molecular formula is C9H14ClZr-. The zero-order valence-electron chi connectivity index (χ0n) is 6.89. The van der Waals surface area contributed by atoms with Crippen molar-refractivity contribution in [2.45, 2.75) is 32.6 Å². The van der Waals surface area contributed by atoms with E-state index in [1.165, 1.54) is 24.8 Å². The van der Waals surface area contributed by atoms with Crippen LogP contribution in [0.1, 0.15) is 32.6 Å². The van der Waals surface area contributed by atoms with Crippen LogP contribution in [-0.2, 0) is 26.2 Å². The predicted octanol–water partition coefficient (Wildman–Crippen LogP) is 3.29. The molecule has 0 atom stereocenters. The van der Waals surface area contributed by atoms with Crippen LogP contribution in [0.25, 0.3) is 0 Å². The molecule has 0 bridgehead atoms. The molecule has 0 aromatic carbocycles. The number of rotatable bonds is 3. The van der Waals surface area contributed by atoms with E-state index in [1.54, 1.807) is 0 Å². The number of hydrogen-bond donors (Lipinski definition) is 0. The summed E-state index contributed by atoms with van der Waals surface area (Å²) in [6, 6.07) is 0. The quantitative estimate of drug-likeness (QED) is 0.673. The van der Waals surface area contributed by atoms with Crippen molar-refractivity contribution in [1.82, 2.24) is 0 Å². The smallest absolute Gasteiger partial charge is 0 e. The van der Waals surface area contributed by atoms with E-state index in [0.29, 0.717) is 0 Å². The third kappa shape index (κ3) is 5.87. The summed E-state index contributed by atoms with van der Waals surface area (Å²) in [7, 11) is 0. The van der Waals surface area contributed by atoms with Crippen molar-refractivity contribution < 1.29 is 26.2 Å². The third-order valence-electron chi connectivity index (χ3n) is 1.57. The van der Waals surface area contributed by atoms with E-state index in [9.17, 15) is 0 Å². The maximum absolute atomic E-state index is 3.30. The number of allylic oxidation sites excluding steroid dienone is 4. The van der Waals surface area contributed by atoms with Gasteiger partial charge in [0.25, 0.3) is 0 Å². The normalized spacial score (nSPS) is 13.4. The van der Waals surface area contributed by atoms with Gasteiger partial charge in [-0.15, -0.1) is 18.8 Å². The minimum Gasteiger partial charge on any atom is -0.269 e. The molecule has 1 aliphatic rings. The van der Waals surface area contributed by atoms with Crippen LogP contribution in [0.4, 0.5) is 0 Å². The zero-order valence-corrected chi connectivity index (χ0v) is 10.2. The van der Waals surface area contributed by atoms with Crippen molar-refractivity contribution in [3.63, 3.8) is 0 Å². The molecule has 0 N–H and O–H groups in total. The van der Waals surface area contributed by atoms with Crippen LogP contribution in [0.2, 0.25) is 0 Å². The average Bonchev–Trinajstić information content (AvgIpc) is 2.34. The summed E-state index contributed by atoms with van der Waals surface area (Å²) < 4.78 is 0. The van der Waals surface area contributed by atoms with Crippen LogP contribution in [0.3, 0.4) is 0 Å². The van der Waals surface area contributed by atoms with Gasteiger partial charge < -0.3 is 0 Å². The summed E-state index contributed by atoms with van der Waals surface area (Å²) in [6.45, 7) is 2.22. The molecule has 0 aromatic rings. The molecule has 0 aliphatic heterocycles. The molecule has 0 saturated carbocycles. The minimum absolute atomic E-state index is 0. The van der Waals surface area contributed by atoms with Gasteiger partial charge in [-0.1, -0.05) is 26.2 Å². The molecule has 0 aromatic heterocycles. The SMILES string of the molecule is CCCCC1=[C-]CC=C1.Cl.[Zr]. The molecule has 0 fully saturated rings. The molecule has 2 heteroatoms. The summed E-state index contributed by atoms with van der Waals surface area (Å²) in [4.78, 5) is 0. The number of halogens is 1. The summed E-state index contributed by atoms with van der Waals surface area (Å²) in [5, 5.41) is 0. The standard InChI is InChI=1S/C9H13.ClH.Zr/c1-2-3-6-9-7-4-5-8-9;;/h4,7H,2-3,5-6H2,1H3;1H;/q-1;;.